The number of carbonyl (C=O) groups is 1. The fourth-order valence-corrected chi connectivity index (χ4v) is 2.91. The van der Waals surface area contributed by atoms with Crippen molar-refractivity contribution in [2.24, 2.45) is 0 Å². The molecule has 3 rings (SSSR count). The first-order valence-corrected chi connectivity index (χ1v) is 7.86. The number of aromatic nitrogens is 3. The van der Waals surface area contributed by atoms with Gasteiger partial charge in [0.15, 0.2) is 0 Å². The van der Waals surface area contributed by atoms with Crippen molar-refractivity contribution in [3.05, 3.63) is 28.8 Å². The summed E-state index contributed by atoms with van der Waals surface area (Å²) in [5.41, 5.74) is 1.46. The third-order valence-electron chi connectivity index (χ3n) is 4.39. The molecule has 0 unspecified atom stereocenters. The molecule has 2 aromatic rings. The highest BCUT2D eigenvalue weighted by Crippen LogP contribution is 2.32. The molecule has 1 aliphatic heterocycles. The standard InChI is InChI=1S/C15H17F3N4O3/c1-8-11(9(2)25-21-8)7-12(23)22-5-3-10(4-6-22)13-19-20-14(24-13)15(16,17)18/h10H,3-7H2,1-2H3. The van der Waals surface area contributed by atoms with Crippen molar-refractivity contribution in [3.8, 4) is 0 Å². The zero-order valence-electron chi connectivity index (χ0n) is 13.8. The van der Waals surface area contributed by atoms with Crippen LogP contribution in [-0.2, 0) is 17.4 Å². The second-order valence-electron chi connectivity index (χ2n) is 6.08. The molecule has 7 nitrogen and oxygen atoms in total. The molecule has 0 atom stereocenters. The second-order valence-corrected chi connectivity index (χ2v) is 6.08. The number of carbonyl (C=O) groups excluding carboxylic acids is 1. The molecule has 0 saturated carbocycles. The fraction of sp³-hybridized carbons (Fsp3) is 0.600. The van der Waals surface area contributed by atoms with Crippen LogP contribution in [0.25, 0.3) is 0 Å². The summed E-state index contributed by atoms with van der Waals surface area (Å²) < 4.78 is 47.3. The monoisotopic (exact) mass is 358 g/mol. The first-order valence-electron chi connectivity index (χ1n) is 7.86. The van der Waals surface area contributed by atoms with Gasteiger partial charge in [0.05, 0.1) is 12.1 Å². The van der Waals surface area contributed by atoms with Gasteiger partial charge < -0.3 is 13.8 Å². The van der Waals surface area contributed by atoms with E-state index in [2.05, 4.69) is 15.4 Å². The van der Waals surface area contributed by atoms with E-state index in [4.69, 9.17) is 8.94 Å². The second kappa shape index (κ2) is 6.49. The van der Waals surface area contributed by atoms with Gasteiger partial charge in [-0.3, -0.25) is 4.79 Å². The summed E-state index contributed by atoms with van der Waals surface area (Å²) in [6.07, 6.45) is -3.49. The summed E-state index contributed by atoms with van der Waals surface area (Å²) >= 11 is 0. The van der Waals surface area contributed by atoms with E-state index in [1.807, 2.05) is 0 Å². The number of alkyl halides is 3. The molecule has 0 bridgehead atoms. The van der Waals surface area contributed by atoms with Crippen molar-refractivity contribution in [2.45, 2.75) is 45.2 Å². The molecule has 1 aliphatic rings. The van der Waals surface area contributed by atoms with E-state index in [0.717, 1.165) is 5.56 Å². The molecule has 0 spiro atoms. The lowest BCUT2D eigenvalue weighted by molar-refractivity contribution is -0.157. The molecular weight excluding hydrogens is 341 g/mol. The smallest absolute Gasteiger partial charge is 0.417 e. The van der Waals surface area contributed by atoms with E-state index in [-0.39, 0.29) is 24.1 Å². The summed E-state index contributed by atoms with van der Waals surface area (Å²) in [7, 11) is 0. The number of piperidine rings is 1. The lowest BCUT2D eigenvalue weighted by atomic mass is 9.96. The first-order chi connectivity index (χ1) is 11.8. The average Bonchev–Trinajstić information content (AvgIpc) is 3.17. The number of rotatable bonds is 3. The average molecular weight is 358 g/mol. The molecule has 0 radical (unpaired) electrons. The maximum Gasteiger partial charge on any atom is 0.470 e. The molecule has 0 N–H and O–H groups in total. The van der Waals surface area contributed by atoms with Crippen LogP contribution in [0.4, 0.5) is 13.2 Å². The van der Waals surface area contributed by atoms with Crippen molar-refractivity contribution < 1.29 is 26.9 Å². The SMILES string of the molecule is Cc1noc(C)c1CC(=O)N1CCC(c2nnc(C(F)(F)F)o2)CC1. The van der Waals surface area contributed by atoms with Gasteiger partial charge in [-0.2, -0.15) is 13.2 Å². The molecule has 25 heavy (non-hydrogen) atoms. The van der Waals surface area contributed by atoms with Crippen LogP contribution in [-0.4, -0.2) is 39.3 Å². The van der Waals surface area contributed by atoms with Crippen LogP contribution >= 0.6 is 0 Å². The summed E-state index contributed by atoms with van der Waals surface area (Å²) in [6, 6.07) is 0. The molecule has 2 aromatic heterocycles. The molecule has 0 aromatic carbocycles. The largest absolute Gasteiger partial charge is 0.470 e. The Labute approximate surface area is 141 Å². The highest BCUT2D eigenvalue weighted by Gasteiger charge is 2.39. The summed E-state index contributed by atoms with van der Waals surface area (Å²) in [4.78, 5) is 14.1. The van der Waals surface area contributed by atoms with Crippen molar-refractivity contribution in [2.75, 3.05) is 13.1 Å². The van der Waals surface area contributed by atoms with Crippen molar-refractivity contribution in [1.29, 1.82) is 0 Å². The van der Waals surface area contributed by atoms with E-state index < -0.39 is 12.1 Å². The fourth-order valence-electron chi connectivity index (χ4n) is 2.91. The Bertz CT molecular complexity index is 741. The molecule has 10 heteroatoms. The normalized spacial score (nSPS) is 16.4. The zero-order chi connectivity index (χ0) is 18.2. The molecular formula is C15H17F3N4O3. The number of likely N-dealkylation sites (tertiary alicyclic amines) is 1. The highest BCUT2D eigenvalue weighted by molar-refractivity contribution is 5.79. The van der Waals surface area contributed by atoms with Gasteiger partial charge in [0.2, 0.25) is 11.8 Å². The summed E-state index contributed by atoms with van der Waals surface area (Å²) in [5.74, 6) is -1.07. The maximum absolute atomic E-state index is 12.5. The van der Waals surface area contributed by atoms with Crippen LogP contribution in [0.5, 0.6) is 0 Å². The third kappa shape index (κ3) is 3.67. The Morgan fingerprint density at radius 1 is 1.24 bits per heavy atom. The van der Waals surface area contributed by atoms with Crippen LogP contribution in [0.15, 0.2) is 8.94 Å². The third-order valence-corrected chi connectivity index (χ3v) is 4.39. The number of hydrogen-bond acceptors (Lipinski definition) is 6. The van der Waals surface area contributed by atoms with Gasteiger partial charge in [0.1, 0.15) is 5.76 Å². The predicted octanol–water partition coefficient (Wildman–Crippen LogP) is 2.64. The van der Waals surface area contributed by atoms with E-state index >= 15 is 0 Å². The quantitative estimate of drug-likeness (QED) is 0.839. The number of hydrogen-bond donors (Lipinski definition) is 0. The van der Waals surface area contributed by atoms with Gasteiger partial charge in [0.25, 0.3) is 0 Å². The molecule has 1 fully saturated rings. The van der Waals surface area contributed by atoms with Gasteiger partial charge in [-0.1, -0.05) is 5.16 Å². The number of nitrogens with zero attached hydrogens (tertiary/aromatic N) is 4. The Kier molecular flexibility index (Phi) is 4.53. The predicted molar refractivity (Wildman–Crippen MR) is 77.5 cm³/mol. The Balaban J connectivity index is 1.58. The van der Waals surface area contributed by atoms with Gasteiger partial charge in [-0.15, -0.1) is 10.2 Å². The number of aryl methyl sites for hydroxylation is 2. The van der Waals surface area contributed by atoms with Crippen LogP contribution in [0.2, 0.25) is 0 Å². The van der Waals surface area contributed by atoms with Crippen molar-refractivity contribution in [1.82, 2.24) is 20.3 Å². The van der Waals surface area contributed by atoms with E-state index in [1.54, 1.807) is 18.7 Å². The Morgan fingerprint density at radius 3 is 2.44 bits per heavy atom. The lowest BCUT2D eigenvalue weighted by Crippen LogP contribution is -2.39. The van der Waals surface area contributed by atoms with Crippen molar-refractivity contribution in [3.63, 3.8) is 0 Å². The first kappa shape index (κ1) is 17.4. The molecule has 136 valence electrons. The molecule has 0 aliphatic carbocycles. The lowest BCUT2D eigenvalue weighted by Gasteiger charge is -2.30. The van der Waals surface area contributed by atoms with E-state index in [1.165, 1.54) is 0 Å². The molecule has 1 amide bonds. The number of amides is 1. The van der Waals surface area contributed by atoms with Crippen molar-refractivity contribution >= 4 is 5.91 Å². The van der Waals surface area contributed by atoms with E-state index in [9.17, 15) is 18.0 Å². The topological polar surface area (TPSA) is 85.3 Å². The van der Waals surface area contributed by atoms with Gasteiger partial charge in [-0.05, 0) is 26.7 Å². The van der Waals surface area contributed by atoms with E-state index in [0.29, 0.717) is 37.4 Å². The molecule has 1 saturated heterocycles. The number of halogens is 3. The van der Waals surface area contributed by atoms with Crippen LogP contribution in [0.1, 0.15) is 47.6 Å². The maximum atomic E-state index is 12.5. The van der Waals surface area contributed by atoms with Crippen LogP contribution < -0.4 is 0 Å². The molecule has 3 heterocycles. The summed E-state index contributed by atoms with van der Waals surface area (Å²) in [6.45, 7) is 4.38. The van der Waals surface area contributed by atoms with Crippen LogP contribution in [0.3, 0.4) is 0 Å². The Morgan fingerprint density at radius 2 is 1.92 bits per heavy atom. The zero-order valence-corrected chi connectivity index (χ0v) is 13.8. The van der Waals surface area contributed by atoms with Gasteiger partial charge in [0, 0.05) is 24.6 Å². The van der Waals surface area contributed by atoms with Crippen LogP contribution in [0, 0.1) is 13.8 Å². The minimum absolute atomic E-state index is 0.0230. The van der Waals surface area contributed by atoms with Gasteiger partial charge >= 0.3 is 12.1 Å². The Hall–Kier alpha value is -2.39. The summed E-state index contributed by atoms with van der Waals surface area (Å²) in [5, 5.41) is 10.4. The van der Waals surface area contributed by atoms with Gasteiger partial charge in [-0.25, -0.2) is 0 Å². The minimum Gasteiger partial charge on any atom is -0.417 e. The minimum atomic E-state index is -4.64. The highest BCUT2D eigenvalue weighted by atomic mass is 19.4.